The summed E-state index contributed by atoms with van der Waals surface area (Å²) in [5, 5.41) is 17.3. The molecule has 22 heavy (non-hydrogen) atoms. The van der Waals surface area contributed by atoms with Gasteiger partial charge in [-0.1, -0.05) is 19.0 Å². The molecule has 0 aliphatic carbocycles. The van der Waals surface area contributed by atoms with Crippen molar-refractivity contribution in [3.8, 4) is 0 Å². The van der Waals surface area contributed by atoms with Gasteiger partial charge in [-0.05, 0) is 39.5 Å². The molecule has 0 radical (unpaired) electrons. The second-order valence-electron chi connectivity index (χ2n) is 7.01. The first-order valence-corrected chi connectivity index (χ1v) is 7.92. The van der Waals surface area contributed by atoms with Crippen LogP contribution in [0.1, 0.15) is 45.1 Å². The number of nitrogens with zero attached hydrogens (tertiary/aromatic N) is 2. The van der Waals surface area contributed by atoms with Crippen molar-refractivity contribution in [1.82, 2.24) is 10.1 Å². The number of anilines is 1. The fraction of sp³-hybridized carbons (Fsp3) is 0.750. The predicted octanol–water partition coefficient (Wildman–Crippen LogP) is 2.94. The van der Waals surface area contributed by atoms with E-state index in [-0.39, 0.29) is 11.9 Å². The number of amides is 2. The Bertz CT molecular complexity index is 517. The zero-order valence-corrected chi connectivity index (χ0v) is 14.1. The number of aryl methyl sites for hydroxylation is 2. The molecule has 1 aliphatic rings. The van der Waals surface area contributed by atoms with E-state index in [4.69, 9.17) is 4.52 Å². The van der Waals surface area contributed by atoms with E-state index in [2.05, 4.69) is 24.3 Å². The first-order chi connectivity index (χ1) is 10.2. The van der Waals surface area contributed by atoms with Gasteiger partial charge in [0.2, 0.25) is 0 Å². The van der Waals surface area contributed by atoms with Crippen LogP contribution in [-0.4, -0.2) is 39.9 Å². The predicted molar refractivity (Wildman–Crippen MR) is 84.8 cm³/mol. The Morgan fingerprint density at radius 3 is 2.77 bits per heavy atom. The molecular formula is C16H27N3O3. The van der Waals surface area contributed by atoms with Crippen LogP contribution in [-0.2, 0) is 0 Å². The number of urea groups is 1. The quantitative estimate of drug-likeness (QED) is 0.900. The number of aliphatic hydroxyl groups is 1. The van der Waals surface area contributed by atoms with Crippen molar-refractivity contribution in [3.63, 3.8) is 0 Å². The molecule has 0 bridgehead atoms. The minimum Gasteiger partial charge on any atom is -0.390 e. The number of hydrogen-bond acceptors (Lipinski definition) is 4. The highest BCUT2D eigenvalue weighted by Crippen LogP contribution is 2.32. The molecule has 1 saturated heterocycles. The summed E-state index contributed by atoms with van der Waals surface area (Å²) < 4.78 is 5.07. The molecule has 6 heteroatoms. The van der Waals surface area contributed by atoms with Crippen molar-refractivity contribution in [3.05, 3.63) is 11.5 Å². The number of piperidine rings is 1. The minimum atomic E-state index is -0.704. The second kappa shape index (κ2) is 6.28. The summed E-state index contributed by atoms with van der Waals surface area (Å²) in [6.07, 6.45) is 1.50. The van der Waals surface area contributed by atoms with Gasteiger partial charge in [0, 0.05) is 19.0 Å². The number of carbonyl (C=O) groups excluding carboxylic acids is 1. The molecule has 124 valence electrons. The van der Waals surface area contributed by atoms with Crippen LogP contribution in [0.25, 0.3) is 0 Å². The van der Waals surface area contributed by atoms with Gasteiger partial charge in [-0.3, -0.25) is 0 Å². The summed E-state index contributed by atoms with van der Waals surface area (Å²) in [5.74, 6) is 1.19. The number of aromatic nitrogens is 1. The van der Waals surface area contributed by atoms with Gasteiger partial charge in [-0.2, -0.15) is 0 Å². The number of likely N-dealkylation sites (tertiary alicyclic amines) is 1. The summed E-state index contributed by atoms with van der Waals surface area (Å²) in [6, 6.07) is -0.154. The van der Waals surface area contributed by atoms with Crippen molar-refractivity contribution in [1.29, 1.82) is 0 Å². The third kappa shape index (κ3) is 3.61. The van der Waals surface area contributed by atoms with Gasteiger partial charge < -0.3 is 19.8 Å². The van der Waals surface area contributed by atoms with Crippen molar-refractivity contribution in [2.75, 3.05) is 18.4 Å². The number of rotatable bonds is 3. The molecule has 2 N–H and O–H groups in total. The molecule has 1 fully saturated rings. The summed E-state index contributed by atoms with van der Waals surface area (Å²) in [6.45, 7) is 10.9. The van der Waals surface area contributed by atoms with Gasteiger partial charge in [0.1, 0.15) is 11.4 Å². The van der Waals surface area contributed by atoms with Crippen LogP contribution in [0.3, 0.4) is 0 Å². The molecule has 0 spiro atoms. The van der Waals surface area contributed by atoms with Crippen molar-refractivity contribution in [2.45, 2.75) is 53.1 Å². The van der Waals surface area contributed by atoms with Crippen LogP contribution in [0, 0.1) is 25.7 Å². The molecule has 2 amide bonds. The molecular weight excluding hydrogens is 282 g/mol. The van der Waals surface area contributed by atoms with E-state index >= 15 is 0 Å². The lowest BCUT2D eigenvalue weighted by Gasteiger charge is -2.43. The summed E-state index contributed by atoms with van der Waals surface area (Å²) in [5.41, 5.74) is 0.612. The largest absolute Gasteiger partial charge is 0.390 e. The Hall–Kier alpha value is -1.56. The SMILES string of the molecule is Cc1noc(C)c1NC(=O)N1CC[C@](C)(O)[C@H](CC(C)C)C1. The van der Waals surface area contributed by atoms with Crippen molar-refractivity contribution in [2.24, 2.45) is 11.8 Å². The Morgan fingerprint density at radius 1 is 1.55 bits per heavy atom. The average molecular weight is 309 g/mol. The summed E-state index contributed by atoms with van der Waals surface area (Å²) in [4.78, 5) is 14.3. The van der Waals surface area contributed by atoms with Gasteiger partial charge >= 0.3 is 6.03 Å². The Morgan fingerprint density at radius 2 is 2.23 bits per heavy atom. The van der Waals surface area contributed by atoms with Crippen LogP contribution in [0.15, 0.2) is 4.52 Å². The lowest BCUT2D eigenvalue weighted by molar-refractivity contribution is -0.0540. The molecule has 2 heterocycles. The van der Waals surface area contributed by atoms with E-state index in [1.165, 1.54) is 0 Å². The van der Waals surface area contributed by atoms with Crippen LogP contribution in [0.4, 0.5) is 10.5 Å². The molecule has 1 aliphatic heterocycles. The minimum absolute atomic E-state index is 0.0941. The van der Waals surface area contributed by atoms with Gasteiger partial charge in [0.05, 0.1) is 5.60 Å². The molecule has 0 aromatic carbocycles. The van der Waals surface area contributed by atoms with Crippen molar-refractivity contribution >= 4 is 11.7 Å². The third-order valence-electron chi connectivity index (χ3n) is 4.52. The van der Waals surface area contributed by atoms with Crippen molar-refractivity contribution < 1.29 is 14.4 Å². The first kappa shape index (κ1) is 16.8. The summed E-state index contributed by atoms with van der Waals surface area (Å²) >= 11 is 0. The number of nitrogens with one attached hydrogen (secondary N) is 1. The van der Waals surface area contributed by atoms with Gasteiger partial charge in [0.15, 0.2) is 5.76 Å². The molecule has 6 nitrogen and oxygen atoms in total. The Balaban J connectivity index is 2.05. The van der Waals surface area contributed by atoms with E-state index < -0.39 is 5.60 Å². The number of hydrogen-bond donors (Lipinski definition) is 2. The molecule has 2 atom stereocenters. The normalized spacial score (nSPS) is 25.6. The van der Waals surface area contributed by atoms with Crippen LogP contribution in [0.2, 0.25) is 0 Å². The molecule has 1 aromatic heterocycles. The van der Waals surface area contributed by atoms with E-state index in [1.54, 1.807) is 18.7 Å². The molecule has 1 aromatic rings. The Kier molecular flexibility index (Phi) is 4.80. The highest BCUT2D eigenvalue weighted by molar-refractivity contribution is 5.90. The van der Waals surface area contributed by atoms with Crippen LogP contribution >= 0.6 is 0 Å². The molecule has 2 rings (SSSR count). The van der Waals surface area contributed by atoms with E-state index in [0.717, 1.165) is 6.42 Å². The average Bonchev–Trinajstić information content (AvgIpc) is 2.72. The maximum atomic E-state index is 12.5. The lowest BCUT2D eigenvalue weighted by Crippen LogP contribution is -2.53. The first-order valence-electron chi connectivity index (χ1n) is 7.92. The summed E-state index contributed by atoms with van der Waals surface area (Å²) in [7, 11) is 0. The highest BCUT2D eigenvalue weighted by Gasteiger charge is 2.39. The van der Waals surface area contributed by atoms with Gasteiger partial charge in [0.25, 0.3) is 0 Å². The topological polar surface area (TPSA) is 78.6 Å². The monoisotopic (exact) mass is 309 g/mol. The maximum absolute atomic E-state index is 12.5. The fourth-order valence-corrected chi connectivity index (χ4v) is 3.05. The highest BCUT2D eigenvalue weighted by atomic mass is 16.5. The van der Waals surface area contributed by atoms with E-state index in [1.807, 2.05) is 6.92 Å². The smallest absolute Gasteiger partial charge is 0.322 e. The van der Waals surface area contributed by atoms with Gasteiger partial charge in [-0.25, -0.2) is 4.79 Å². The lowest BCUT2D eigenvalue weighted by atomic mass is 9.78. The van der Waals surface area contributed by atoms with E-state index in [0.29, 0.717) is 42.6 Å². The zero-order chi connectivity index (χ0) is 16.5. The maximum Gasteiger partial charge on any atom is 0.322 e. The molecule has 0 saturated carbocycles. The Labute approximate surface area is 131 Å². The van der Waals surface area contributed by atoms with Gasteiger partial charge in [-0.15, -0.1) is 0 Å². The third-order valence-corrected chi connectivity index (χ3v) is 4.52. The second-order valence-corrected chi connectivity index (χ2v) is 7.01. The van der Waals surface area contributed by atoms with Crippen LogP contribution in [0.5, 0.6) is 0 Å². The standard InChI is InChI=1S/C16H27N3O3/c1-10(2)8-13-9-19(7-6-16(13,5)21)15(20)17-14-11(3)18-22-12(14)4/h10,13,21H,6-9H2,1-5H3,(H,17,20)/t13-,16+/m1/s1. The number of carbonyl (C=O) groups is 1. The fourth-order valence-electron chi connectivity index (χ4n) is 3.05. The zero-order valence-electron chi connectivity index (χ0n) is 14.1. The van der Waals surface area contributed by atoms with E-state index in [9.17, 15) is 9.90 Å². The van der Waals surface area contributed by atoms with Crippen LogP contribution < -0.4 is 5.32 Å². The molecule has 0 unspecified atom stereocenters.